The van der Waals surface area contributed by atoms with Crippen LogP contribution in [-0.4, -0.2) is 22.7 Å². The van der Waals surface area contributed by atoms with Crippen LogP contribution in [0.2, 0.25) is 0 Å². The molecule has 0 aliphatic heterocycles. The van der Waals surface area contributed by atoms with Crippen LogP contribution >= 0.6 is 0 Å². The van der Waals surface area contributed by atoms with Crippen molar-refractivity contribution in [3.8, 4) is 11.5 Å². The van der Waals surface area contributed by atoms with Gasteiger partial charge in [0.15, 0.2) is 11.5 Å². The predicted octanol–water partition coefficient (Wildman–Crippen LogP) is 4.47. The fourth-order valence-electron chi connectivity index (χ4n) is 3.47. The van der Waals surface area contributed by atoms with Gasteiger partial charge in [0.1, 0.15) is 11.5 Å². The molecule has 152 valence electrons. The normalized spacial score (nSPS) is 10.9. The number of benzene rings is 3. The molecule has 0 aliphatic rings. The van der Waals surface area contributed by atoms with E-state index in [0.29, 0.717) is 17.0 Å². The summed E-state index contributed by atoms with van der Waals surface area (Å²) in [5.74, 6) is -0.194. The second-order valence-electron chi connectivity index (χ2n) is 6.95. The molecule has 1 amide bonds. The van der Waals surface area contributed by atoms with Gasteiger partial charge >= 0.3 is 0 Å². The van der Waals surface area contributed by atoms with Crippen LogP contribution < -0.4 is 10.1 Å². The number of hydrogen-bond acceptors (Lipinski definition) is 3. The van der Waals surface area contributed by atoms with E-state index in [2.05, 4.69) is 5.32 Å². The van der Waals surface area contributed by atoms with E-state index in [0.717, 1.165) is 16.5 Å². The summed E-state index contributed by atoms with van der Waals surface area (Å²) in [6.07, 6.45) is 0. The number of phenolic OH excluding ortho intramolecular Hbond substituents is 1. The second-order valence-corrected chi connectivity index (χ2v) is 6.95. The Kier molecular flexibility index (Phi) is 5.39. The minimum absolute atomic E-state index is 0.0394. The van der Waals surface area contributed by atoms with Gasteiger partial charge in [-0.2, -0.15) is 0 Å². The maximum Gasteiger partial charge on any atom is 0.268 e. The number of amides is 1. The highest BCUT2D eigenvalue weighted by Gasteiger charge is 2.17. The van der Waals surface area contributed by atoms with Gasteiger partial charge in [-0.05, 0) is 35.9 Å². The topological polar surface area (TPSA) is 63.5 Å². The van der Waals surface area contributed by atoms with E-state index in [1.807, 2.05) is 34.9 Å². The lowest BCUT2D eigenvalue weighted by atomic mass is 10.2. The third-order valence-corrected chi connectivity index (χ3v) is 5.03. The van der Waals surface area contributed by atoms with Crippen molar-refractivity contribution in [3.63, 3.8) is 0 Å². The smallest absolute Gasteiger partial charge is 0.268 e. The van der Waals surface area contributed by atoms with Crippen LogP contribution in [0.4, 0.5) is 4.39 Å². The lowest BCUT2D eigenvalue weighted by molar-refractivity contribution is 0.0942. The molecule has 0 spiro atoms. The van der Waals surface area contributed by atoms with Gasteiger partial charge in [-0.25, -0.2) is 4.39 Å². The van der Waals surface area contributed by atoms with Gasteiger partial charge in [0.05, 0.1) is 13.7 Å². The summed E-state index contributed by atoms with van der Waals surface area (Å²) < 4.78 is 21.2. The van der Waals surface area contributed by atoms with Gasteiger partial charge in [0, 0.05) is 23.0 Å². The van der Waals surface area contributed by atoms with Crippen LogP contribution in [0, 0.1) is 5.82 Å². The molecule has 0 unspecified atom stereocenters. The highest BCUT2D eigenvalue weighted by Crippen LogP contribution is 2.26. The van der Waals surface area contributed by atoms with Crippen molar-refractivity contribution in [3.05, 3.63) is 95.4 Å². The minimum atomic E-state index is -0.308. The lowest BCUT2D eigenvalue weighted by Gasteiger charge is -2.12. The van der Waals surface area contributed by atoms with Crippen LogP contribution in [0.5, 0.6) is 11.5 Å². The molecule has 0 radical (unpaired) electrons. The van der Waals surface area contributed by atoms with Crippen LogP contribution in [0.3, 0.4) is 0 Å². The minimum Gasteiger partial charge on any atom is -0.504 e. The van der Waals surface area contributed by atoms with Crippen LogP contribution in [0.25, 0.3) is 10.9 Å². The fraction of sp³-hybridized carbons (Fsp3) is 0.125. The first-order valence-corrected chi connectivity index (χ1v) is 9.52. The summed E-state index contributed by atoms with van der Waals surface area (Å²) in [6, 6.07) is 20.9. The zero-order valence-corrected chi connectivity index (χ0v) is 16.4. The van der Waals surface area contributed by atoms with Gasteiger partial charge < -0.3 is 19.7 Å². The number of phenols is 1. The molecule has 5 nitrogen and oxygen atoms in total. The van der Waals surface area contributed by atoms with E-state index in [9.17, 15) is 14.3 Å². The third-order valence-electron chi connectivity index (χ3n) is 5.03. The maximum atomic E-state index is 14.2. The molecule has 0 aliphatic carbocycles. The van der Waals surface area contributed by atoms with Gasteiger partial charge in [0.25, 0.3) is 5.91 Å². The highest BCUT2D eigenvalue weighted by atomic mass is 19.1. The number of halogens is 1. The zero-order chi connectivity index (χ0) is 21.1. The van der Waals surface area contributed by atoms with Crippen molar-refractivity contribution < 1.29 is 19.0 Å². The molecule has 0 saturated carbocycles. The molecule has 3 aromatic carbocycles. The quantitative estimate of drug-likeness (QED) is 0.498. The highest BCUT2D eigenvalue weighted by molar-refractivity contribution is 5.98. The summed E-state index contributed by atoms with van der Waals surface area (Å²) in [5, 5.41) is 13.5. The van der Waals surface area contributed by atoms with E-state index >= 15 is 0 Å². The van der Waals surface area contributed by atoms with Crippen LogP contribution in [0.15, 0.2) is 72.8 Å². The number of ether oxygens (including phenoxy) is 1. The van der Waals surface area contributed by atoms with Crippen molar-refractivity contribution in [1.82, 2.24) is 9.88 Å². The largest absolute Gasteiger partial charge is 0.504 e. The second kappa shape index (κ2) is 8.29. The van der Waals surface area contributed by atoms with Crippen molar-refractivity contribution in [1.29, 1.82) is 0 Å². The van der Waals surface area contributed by atoms with Gasteiger partial charge in [0.2, 0.25) is 0 Å². The molecular formula is C24H21FN2O3. The Morgan fingerprint density at radius 1 is 1.07 bits per heavy atom. The predicted molar refractivity (Wildman–Crippen MR) is 113 cm³/mol. The Morgan fingerprint density at radius 3 is 2.63 bits per heavy atom. The standard InChI is InChI=1S/C24H21FN2O3/c1-30-23-12-16(10-11-22(23)28)14-26-24(29)21-13-17-6-3-5-9-20(17)27(21)15-18-7-2-4-8-19(18)25/h2-13,28H,14-15H2,1H3,(H,26,29). The van der Waals surface area contributed by atoms with Crippen molar-refractivity contribution in [2.75, 3.05) is 7.11 Å². The average molecular weight is 404 g/mol. The summed E-state index contributed by atoms with van der Waals surface area (Å²) in [7, 11) is 1.47. The summed E-state index contributed by atoms with van der Waals surface area (Å²) in [4.78, 5) is 13.0. The third kappa shape index (κ3) is 3.85. The van der Waals surface area contributed by atoms with Crippen LogP contribution in [0.1, 0.15) is 21.6 Å². The molecule has 4 aromatic rings. The molecule has 0 atom stereocenters. The molecular weight excluding hydrogens is 383 g/mol. The van der Waals surface area contributed by atoms with E-state index < -0.39 is 0 Å². The SMILES string of the molecule is COc1cc(CNC(=O)c2cc3ccccc3n2Cc2ccccc2F)ccc1O. The van der Waals surface area contributed by atoms with Gasteiger partial charge in [-0.15, -0.1) is 0 Å². The van der Waals surface area contributed by atoms with Gasteiger partial charge in [-0.1, -0.05) is 42.5 Å². The van der Waals surface area contributed by atoms with E-state index in [4.69, 9.17) is 4.74 Å². The van der Waals surface area contributed by atoms with Crippen molar-refractivity contribution >= 4 is 16.8 Å². The fourth-order valence-corrected chi connectivity index (χ4v) is 3.47. The van der Waals surface area contributed by atoms with E-state index in [-0.39, 0.29) is 30.6 Å². The molecule has 0 bridgehead atoms. The van der Waals surface area contributed by atoms with Gasteiger partial charge in [-0.3, -0.25) is 4.79 Å². The molecule has 1 aromatic heterocycles. The first kappa shape index (κ1) is 19.5. The number of methoxy groups -OCH3 is 1. The summed E-state index contributed by atoms with van der Waals surface area (Å²) in [6.45, 7) is 0.507. The number of aromatic hydroxyl groups is 1. The number of nitrogens with one attached hydrogen (secondary N) is 1. The molecule has 1 heterocycles. The van der Waals surface area contributed by atoms with E-state index in [1.54, 1.807) is 30.3 Å². The summed E-state index contributed by atoms with van der Waals surface area (Å²) in [5.41, 5.74) is 2.60. The molecule has 2 N–H and O–H groups in total. The lowest BCUT2D eigenvalue weighted by Crippen LogP contribution is -2.25. The Morgan fingerprint density at radius 2 is 1.83 bits per heavy atom. The number of fused-ring (bicyclic) bond motifs is 1. The maximum absolute atomic E-state index is 14.2. The molecule has 0 saturated heterocycles. The monoisotopic (exact) mass is 404 g/mol. The number of para-hydroxylation sites is 1. The Bertz CT molecular complexity index is 1220. The average Bonchev–Trinajstić information content (AvgIpc) is 3.13. The Labute approximate surface area is 173 Å². The Balaban J connectivity index is 1.63. The summed E-state index contributed by atoms with van der Waals surface area (Å²) >= 11 is 0. The number of nitrogens with zero attached hydrogens (tertiary/aromatic N) is 1. The first-order chi connectivity index (χ1) is 14.6. The first-order valence-electron chi connectivity index (χ1n) is 9.52. The number of carbonyl (C=O) groups is 1. The van der Waals surface area contributed by atoms with Crippen molar-refractivity contribution in [2.24, 2.45) is 0 Å². The van der Waals surface area contributed by atoms with Crippen LogP contribution in [-0.2, 0) is 13.1 Å². The molecule has 0 fully saturated rings. The number of rotatable bonds is 6. The molecule has 4 rings (SSSR count). The molecule has 30 heavy (non-hydrogen) atoms. The van der Waals surface area contributed by atoms with E-state index in [1.165, 1.54) is 19.2 Å². The number of carbonyl (C=O) groups excluding carboxylic acids is 1. The number of hydrogen-bond donors (Lipinski definition) is 2. The Hall–Kier alpha value is -3.80. The number of aromatic nitrogens is 1. The van der Waals surface area contributed by atoms with Crippen molar-refractivity contribution in [2.45, 2.75) is 13.1 Å². The molecule has 6 heteroatoms. The zero-order valence-electron chi connectivity index (χ0n) is 16.4.